The predicted octanol–water partition coefficient (Wildman–Crippen LogP) is 3.10. The Morgan fingerprint density at radius 2 is 1.83 bits per heavy atom. The SMILES string of the molecule is Cc1ccc(C[NH2+][C@H](C)C(=O)Nc2cccc(C(F)(F)F)c2)cc1. The maximum Gasteiger partial charge on any atom is 0.416 e. The number of halogens is 3. The van der Waals surface area contributed by atoms with Crippen molar-refractivity contribution >= 4 is 11.6 Å². The summed E-state index contributed by atoms with van der Waals surface area (Å²) in [6, 6.07) is 12.2. The van der Waals surface area contributed by atoms with Gasteiger partial charge in [0.15, 0.2) is 6.04 Å². The molecule has 0 heterocycles. The summed E-state index contributed by atoms with van der Waals surface area (Å²) in [7, 11) is 0. The first-order valence-electron chi connectivity index (χ1n) is 7.62. The van der Waals surface area contributed by atoms with Crippen molar-refractivity contribution in [3.05, 3.63) is 65.2 Å². The Morgan fingerprint density at radius 1 is 1.17 bits per heavy atom. The molecule has 1 atom stereocenters. The van der Waals surface area contributed by atoms with E-state index >= 15 is 0 Å². The van der Waals surface area contributed by atoms with Gasteiger partial charge in [-0.05, 0) is 32.0 Å². The zero-order valence-corrected chi connectivity index (χ0v) is 13.5. The summed E-state index contributed by atoms with van der Waals surface area (Å²) < 4.78 is 38.0. The second-order valence-electron chi connectivity index (χ2n) is 5.78. The first-order chi connectivity index (χ1) is 11.3. The third-order valence-corrected chi connectivity index (χ3v) is 3.70. The van der Waals surface area contributed by atoms with Gasteiger partial charge in [-0.25, -0.2) is 0 Å². The Balaban J connectivity index is 1.93. The van der Waals surface area contributed by atoms with Crippen molar-refractivity contribution in [2.75, 3.05) is 5.32 Å². The number of alkyl halides is 3. The number of quaternary nitrogens is 1. The van der Waals surface area contributed by atoms with Crippen LogP contribution in [0.3, 0.4) is 0 Å². The lowest BCUT2D eigenvalue weighted by Crippen LogP contribution is -2.90. The zero-order chi connectivity index (χ0) is 17.7. The lowest BCUT2D eigenvalue weighted by Gasteiger charge is -2.13. The summed E-state index contributed by atoms with van der Waals surface area (Å²) in [6.45, 7) is 4.34. The van der Waals surface area contributed by atoms with E-state index in [1.165, 1.54) is 12.1 Å². The van der Waals surface area contributed by atoms with Crippen molar-refractivity contribution in [2.45, 2.75) is 32.6 Å². The highest BCUT2D eigenvalue weighted by Gasteiger charge is 2.30. The van der Waals surface area contributed by atoms with Gasteiger partial charge in [-0.2, -0.15) is 13.2 Å². The van der Waals surface area contributed by atoms with E-state index in [-0.39, 0.29) is 11.6 Å². The van der Waals surface area contributed by atoms with E-state index < -0.39 is 17.8 Å². The molecule has 0 aliphatic rings. The lowest BCUT2D eigenvalue weighted by atomic mass is 10.1. The first kappa shape index (κ1) is 18.0. The Morgan fingerprint density at radius 3 is 2.46 bits per heavy atom. The summed E-state index contributed by atoms with van der Waals surface area (Å²) in [5, 5.41) is 4.37. The van der Waals surface area contributed by atoms with Crippen molar-refractivity contribution in [2.24, 2.45) is 0 Å². The molecule has 0 aliphatic heterocycles. The molecule has 0 spiro atoms. The van der Waals surface area contributed by atoms with Gasteiger partial charge in [0.1, 0.15) is 6.54 Å². The van der Waals surface area contributed by atoms with Crippen LogP contribution >= 0.6 is 0 Å². The van der Waals surface area contributed by atoms with Gasteiger partial charge in [0, 0.05) is 11.3 Å². The summed E-state index contributed by atoms with van der Waals surface area (Å²) in [6.07, 6.45) is -4.43. The average molecular weight is 337 g/mol. The number of aryl methyl sites for hydroxylation is 1. The Hall–Kier alpha value is -2.34. The number of anilines is 1. The minimum atomic E-state index is -4.43. The minimum Gasteiger partial charge on any atom is -0.333 e. The van der Waals surface area contributed by atoms with Crippen LogP contribution < -0.4 is 10.6 Å². The molecule has 0 aromatic heterocycles. The molecule has 0 saturated heterocycles. The molecule has 0 radical (unpaired) electrons. The molecule has 0 unspecified atom stereocenters. The maximum absolute atomic E-state index is 12.7. The van der Waals surface area contributed by atoms with Crippen LogP contribution in [0.2, 0.25) is 0 Å². The van der Waals surface area contributed by atoms with Crippen LogP contribution in [0.15, 0.2) is 48.5 Å². The molecule has 0 fully saturated rings. The number of carbonyl (C=O) groups is 1. The highest BCUT2D eigenvalue weighted by Crippen LogP contribution is 2.30. The minimum absolute atomic E-state index is 0.144. The normalized spacial score (nSPS) is 12.7. The van der Waals surface area contributed by atoms with Gasteiger partial charge in [0.2, 0.25) is 0 Å². The quantitative estimate of drug-likeness (QED) is 0.865. The standard InChI is InChI=1S/C18H19F3N2O/c1-12-6-8-14(9-7-12)11-22-13(2)17(24)23-16-5-3-4-15(10-16)18(19,20)21/h3-10,13,22H,11H2,1-2H3,(H,23,24)/p+1/t13-/m1/s1. The van der Waals surface area contributed by atoms with E-state index in [0.717, 1.165) is 23.3 Å². The van der Waals surface area contributed by atoms with Crippen LogP contribution in [0.1, 0.15) is 23.6 Å². The van der Waals surface area contributed by atoms with Crippen molar-refractivity contribution in [1.29, 1.82) is 0 Å². The fourth-order valence-corrected chi connectivity index (χ4v) is 2.17. The van der Waals surface area contributed by atoms with E-state index in [9.17, 15) is 18.0 Å². The molecular formula is C18H20F3N2O+. The van der Waals surface area contributed by atoms with Crippen molar-refractivity contribution in [3.8, 4) is 0 Å². The molecule has 128 valence electrons. The van der Waals surface area contributed by atoms with Gasteiger partial charge in [-0.15, -0.1) is 0 Å². The van der Waals surface area contributed by atoms with Gasteiger partial charge < -0.3 is 10.6 Å². The monoisotopic (exact) mass is 337 g/mol. The topological polar surface area (TPSA) is 45.7 Å². The van der Waals surface area contributed by atoms with E-state index in [4.69, 9.17) is 0 Å². The Bertz CT molecular complexity index is 696. The van der Waals surface area contributed by atoms with Gasteiger partial charge in [-0.3, -0.25) is 4.79 Å². The zero-order valence-electron chi connectivity index (χ0n) is 13.5. The van der Waals surface area contributed by atoms with Crippen LogP contribution in [0.5, 0.6) is 0 Å². The van der Waals surface area contributed by atoms with Crippen LogP contribution in [-0.2, 0) is 17.5 Å². The largest absolute Gasteiger partial charge is 0.416 e. The third-order valence-electron chi connectivity index (χ3n) is 3.70. The van der Waals surface area contributed by atoms with Crippen molar-refractivity contribution in [3.63, 3.8) is 0 Å². The number of carbonyl (C=O) groups excluding carboxylic acids is 1. The average Bonchev–Trinajstić information content (AvgIpc) is 2.53. The van der Waals surface area contributed by atoms with E-state index in [0.29, 0.717) is 6.54 Å². The molecule has 6 heteroatoms. The molecule has 2 rings (SSSR count). The molecule has 24 heavy (non-hydrogen) atoms. The second-order valence-corrected chi connectivity index (χ2v) is 5.78. The molecule has 0 aliphatic carbocycles. The highest BCUT2D eigenvalue weighted by molar-refractivity contribution is 5.93. The number of hydrogen-bond acceptors (Lipinski definition) is 1. The predicted molar refractivity (Wildman–Crippen MR) is 86.3 cm³/mol. The summed E-state index contributed by atoms with van der Waals surface area (Å²) in [5.41, 5.74) is 1.61. The van der Waals surface area contributed by atoms with Crippen molar-refractivity contribution < 1.29 is 23.3 Å². The van der Waals surface area contributed by atoms with Gasteiger partial charge in [0.25, 0.3) is 5.91 Å². The van der Waals surface area contributed by atoms with Crippen LogP contribution in [-0.4, -0.2) is 11.9 Å². The Labute approximate surface area is 138 Å². The maximum atomic E-state index is 12.7. The number of hydrogen-bond donors (Lipinski definition) is 2. The van der Waals surface area contributed by atoms with Crippen LogP contribution in [0.4, 0.5) is 18.9 Å². The molecule has 2 aromatic rings. The van der Waals surface area contributed by atoms with Gasteiger partial charge in [0.05, 0.1) is 5.56 Å². The van der Waals surface area contributed by atoms with Crippen LogP contribution in [0, 0.1) is 6.92 Å². The summed E-state index contributed by atoms with van der Waals surface area (Å²) in [5.74, 6) is -0.332. The smallest absolute Gasteiger partial charge is 0.333 e. The molecule has 3 nitrogen and oxygen atoms in total. The number of benzene rings is 2. The Kier molecular flexibility index (Phi) is 5.62. The first-order valence-corrected chi connectivity index (χ1v) is 7.62. The van der Waals surface area contributed by atoms with Gasteiger partial charge >= 0.3 is 6.18 Å². The number of rotatable bonds is 5. The second kappa shape index (κ2) is 7.49. The fraction of sp³-hybridized carbons (Fsp3) is 0.278. The third kappa shape index (κ3) is 5.09. The summed E-state index contributed by atoms with van der Waals surface area (Å²) in [4.78, 5) is 12.1. The molecule has 2 aromatic carbocycles. The molecule has 1 amide bonds. The van der Waals surface area contributed by atoms with E-state index in [1.54, 1.807) is 6.92 Å². The summed E-state index contributed by atoms with van der Waals surface area (Å²) >= 11 is 0. The van der Waals surface area contributed by atoms with E-state index in [1.807, 2.05) is 36.5 Å². The van der Waals surface area contributed by atoms with Crippen LogP contribution in [0.25, 0.3) is 0 Å². The highest BCUT2D eigenvalue weighted by atomic mass is 19.4. The number of nitrogens with one attached hydrogen (secondary N) is 1. The molecule has 3 N–H and O–H groups in total. The number of nitrogens with two attached hydrogens (primary N) is 1. The fourth-order valence-electron chi connectivity index (χ4n) is 2.17. The molecule has 0 saturated carbocycles. The number of amides is 1. The van der Waals surface area contributed by atoms with Crippen molar-refractivity contribution in [1.82, 2.24) is 0 Å². The lowest BCUT2D eigenvalue weighted by molar-refractivity contribution is -0.688. The van der Waals surface area contributed by atoms with E-state index in [2.05, 4.69) is 5.32 Å². The van der Waals surface area contributed by atoms with Gasteiger partial charge in [-0.1, -0.05) is 35.9 Å². The molecular weight excluding hydrogens is 317 g/mol. The molecule has 0 bridgehead atoms.